The van der Waals surface area contributed by atoms with Crippen molar-refractivity contribution in [3.8, 4) is 11.3 Å². The van der Waals surface area contributed by atoms with Gasteiger partial charge in [-0.25, -0.2) is 13.6 Å². The number of rotatable bonds is 9. The van der Waals surface area contributed by atoms with Crippen molar-refractivity contribution in [2.24, 2.45) is 5.41 Å². The first-order chi connectivity index (χ1) is 25.0. The number of fused-ring (bicyclic) bond motifs is 2. The molecule has 2 aliphatic rings. The van der Waals surface area contributed by atoms with Gasteiger partial charge in [0.05, 0.1) is 12.2 Å². The van der Waals surface area contributed by atoms with Gasteiger partial charge in [-0.05, 0) is 66.2 Å². The Bertz CT molecular complexity index is 1970. The molecule has 0 unspecified atom stereocenters. The molecule has 0 aliphatic carbocycles. The zero-order valence-electron chi connectivity index (χ0n) is 28.5. The summed E-state index contributed by atoms with van der Waals surface area (Å²) >= 11 is 0. The number of likely N-dealkylation sites (tertiary alicyclic amines) is 2. The molecule has 1 atom stereocenters. The fourth-order valence-corrected chi connectivity index (χ4v) is 7.57. The summed E-state index contributed by atoms with van der Waals surface area (Å²) in [6.07, 6.45) is -10.3. The normalized spacial score (nSPS) is 19.2. The molecule has 15 heteroatoms. The van der Waals surface area contributed by atoms with Gasteiger partial charge < -0.3 is 10.4 Å². The Labute approximate surface area is 300 Å². The molecule has 6 rings (SSSR count). The van der Waals surface area contributed by atoms with Crippen LogP contribution in [0.1, 0.15) is 43.2 Å². The summed E-state index contributed by atoms with van der Waals surface area (Å²) in [5.74, 6) is -5.85. The topological polar surface area (TPSA) is 85.8 Å². The van der Waals surface area contributed by atoms with Crippen LogP contribution in [-0.4, -0.2) is 88.8 Å². The zero-order valence-corrected chi connectivity index (χ0v) is 28.5. The minimum atomic E-state index is -5.13. The van der Waals surface area contributed by atoms with Crippen LogP contribution in [0.3, 0.4) is 0 Å². The first-order valence-electron chi connectivity index (χ1n) is 17.3. The predicted octanol–water partition coefficient (Wildman–Crippen LogP) is 7.99. The fourth-order valence-electron chi connectivity index (χ4n) is 7.57. The number of carboxylic acid groups (broad SMARTS) is 1. The van der Waals surface area contributed by atoms with E-state index in [2.05, 4.69) is 5.32 Å². The molecule has 53 heavy (non-hydrogen) atoms. The number of nitrogens with one attached hydrogen (secondary N) is 1. The third-order valence-corrected chi connectivity index (χ3v) is 10.5. The third-order valence-electron chi connectivity index (χ3n) is 10.5. The lowest BCUT2D eigenvalue weighted by Crippen LogP contribution is -2.59. The minimum Gasteiger partial charge on any atom is -0.480 e. The van der Waals surface area contributed by atoms with Crippen LogP contribution in [0.2, 0.25) is 0 Å². The highest BCUT2D eigenvalue weighted by molar-refractivity contribution is 6.05. The number of aliphatic carboxylic acids is 1. The highest BCUT2D eigenvalue weighted by atomic mass is 19.4. The molecule has 1 aromatic heterocycles. The third kappa shape index (κ3) is 8.40. The van der Waals surface area contributed by atoms with Gasteiger partial charge in [-0.1, -0.05) is 60.7 Å². The van der Waals surface area contributed by atoms with Crippen molar-refractivity contribution >= 4 is 33.4 Å². The van der Waals surface area contributed by atoms with E-state index in [4.69, 9.17) is 4.98 Å². The summed E-state index contributed by atoms with van der Waals surface area (Å²) in [6, 6.07) is 16.2. The second kappa shape index (κ2) is 14.8. The molecule has 2 aliphatic heterocycles. The quantitative estimate of drug-likeness (QED) is 0.169. The van der Waals surface area contributed by atoms with E-state index in [-0.39, 0.29) is 25.8 Å². The monoisotopic (exact) mass is 750 g/mol. The molecular formula is C38H38F8N4O3. The van der Waals surface area contributed by atoms with E-state index in [1.807, 2.05) is 35.2 Å². The fraction of sp³-hybridized carbons (Fsp3) is 0.447. The molecule has 2 saturated heterocycles. The second-order valence-electron chi connectivity index (χ2n) is 14.0. The number of aromatic nitrogens is 1. The van der Waals surface area contributed by atoms with E-state index in [9.17, 15) is 49.8 Å². The average Bonchev–Trinajstić information content (AvgIpc) is 3.26. The average molecular weight is 751 g/mol. The molecule has 1 amide bonds. The molecule has 2 fully saturated rings. The van der Waals surface area contributed by atoms with Crippen LogP contribution in [0.4, 0.5) is 35.1 Å². The summed E-state index contributed by atoms with van der Waals surface area (Å²) in [6.45, 7) is -1.47. The van der Waals surface area contributed by atoms with Crippen molar-refractivity contribution < 1.29 is 49.8 Å². The first-order valence-corrected chi connectivity index (χ1v) is 17.3. The molecule has 284 valence electrons. The highest BCUT2D eigenvalue weighted by Gasteiger charge is 2.61. The lowest BCUT2D eigenvalue weighted by Gasteiger charge is -2.42. The van der Waals surface area contributed by atoms with Crippen LogP contribution >= 0.6 is 0 Å². The minimum absolute atomic E-state index is 0.147. The Kier molecular flexibility index (Phi) is 10.7. The van der Waals surface area contributed by atoms with Gasteiger partial charge in [0.1, 0.15) is 11.5 Å². The van der Waals surface area contributed by atoms with E-state index in [1.54, 1.807) is 36.5 Å². The van der Waals surface area contributed by atoms with E-state index < -0.39 is 74.1 Å². The summed E-state index contributed by atoms with van der Waals surface area (Å²) in [7, 11) is 0. The maximum Gasteiger partial charge on any atom is 0.403 e. The van der Waals surface area contributed by atoms with Crippen molar-refractivity contribution in [1.82, 2.24) is 20.1 Å². The number of piperidine rings is 1. The van der Waals surface area contributed by atoms with Crippen LogP contribution in [0, 0.1) is 5.41 Å². The molecule has 0 saturated carbocycles. The molecule has 0 radical (unpaired) electrons. The smallest absolute Gasteiger partial charge is 0.403 e. The van der Waals surface area contributed by atoms with Gasteiger partial charge in [0.15, 0.2) is 0 Å². The number of hydrogen-bond donors (Lipinski definition) is 2. The maximum absolute atomic E-state index is 14.4. The Balaban J connectivity index is 1.27. The molecular weight excluding hydrogens is 712 g/mol. The number of carbonyl (C=O) groups is 2. The molecule has 3 aromatic carbocycles. The molecule has 4 aromatic rings. The number of alkyl halides is 8. The highest BCUT2D eigenvalue weighted by Crippen LogP contribution is 2.47. The van der Waals surface area contributed by atoms with Crippen molar-refractivity contribution in [3.63, 3.8) is 0 Å². The van der Waals surface area contributed by atoms with E-state index in [1.165, 1.54) is 0 Å². The van der Waals surface area contributed by atoms with E-state index in [0.717, 1.165) is 21.2 Å². The Morgan fingerprint density at radius 2 is 1.40 bits per heavy atom. The number of hydrogen-bond acceptors (Lipinski definition) is 5. The summed E-state index contributed by atoms with van der Waals surface area (Å²) < 4.78 is 110. The van der Waals surface area contributed by atoms with E-state index in [0.29, 0.717) is 47.1 Å². The molecule has 2 N–H and O–H groups in total. The van der Waals surface area contributed by atoms with Gasteiger partial charge in [-0.2, -0.15) is 26.3 Å². The van der Waals surface area contributed by atoms with E-state index >= 15 is 0 Å². The SMILES string of the molecule is O=C(O)[C@H](Cc1cccc2c(-c3ncc(CN4CCCC(F)(F)CC4)c4ccccc34)cccc12)NC(=O)C1(C(F)(F)F)CCN(CC(F)(F)F)CC1. The summed E-state index contributed by atoms with van der Waals surface area (Å²) in [4.78, 5) is 33.3. The van der Waals surface area contributed by atoms with Crippen molar-refractivity contribution in [3.05, 3.63) is 78.0 Å². The lowest BCUT2D eigenvalue weighted by atomic mass is 9.76. The number of nitrogens with zero attached hydrogens (tertiary/aromatic N) is 3. The number of benzene rings is 3. The van der Waals surface area contributed by atoms with Gasteiger partial charge in [-0.15, -0.1) is 0 Å². The number of carbonyl (C=O) groups excluding carboxylic acids is 1. The number of pyridine rings is 1. The number of halogens is 8. The van der Waals surface area contributed by atoms with Crippen molar-refractivity contribution in [2.75, 3.05) is 32.7 Å². The van der Waals surface area contributed by atoms with Crippen molar-refractivity contribution in [2.45, 2.75) is 69.4 Å². The van der Waals surface area contributed by atoms with Crippen LogP contribution in [0.5, 0.6) is 0 Å². The van der Waals surface area contributed by atoms with Crippen LogP contribution < -0.4 is 5.32 Å². The largest absolute Gasteiger partial charge is 0.480 e. The van der Waals surface area contributed by atoms with Crippen molar-refractivity contribution in [1.29, 1.82) is 0 Å². The summed E-state index contributed by atoms with van der Waals surface area (Å²) in [5.41, 5.74) is -0.442. The molecule has 0 bridgehead atoms. The maximum atomic E-state index is 14.4. The van der Waals surface area contributed by atoms with Crippen LogP contribution in [0.25, 0.3) is 32.8 Å². The number of amides is 1. The van der Waals surface area contributed by atoms with Crippen LogP contribution in [-0.2, 0) is 22.6 Å². The van der Waals surface area contributed by atoms with Gasteiger partial charge in [0.25, 0.3) is 0 Å². The molecule has 7 nitrogen and oxygen atoms in total. The van der Waals surface area contributed by atoms with Gasteiger partial charge in [0, 0.05) is 49.5 Å². The van der Waals surface area contributed by atoms with Gasteiger partial charge >= 0.3 is 18.3 Å². The lowest BCUT2D eigenvalue weighted by molar-refractivity contribution is -0.236. The van der Waals surface area contributed by atoms with Crippen LogP contribution in [0.15, 0.2) is 66.9 Å². The first kappa shape index (κ1) is 38.4. The Hall–Kier alpha value is -4.37. The molecule has 0 spiro atoms. The Morgan fingerprint density at radius 3 is 2.08 bits per heavy atom. The number of carboxylic acids is 1. The second-order valence-corrected chi connectivity index (χ2v) is 14.0. The van der Waals surface area contributed by atoms with Gasteiger partial charge in [0.2, 0.25) is 11.8 Å². The standard InChI is InChI=1S/C38H38F8N4O3/c39-36(40)12-5-16-49(19-15-36)22-25-21-47-32(29-8-2-1-7-27(25)29)30-11-4-9-26-24(6-3-10-28(26)30)20-31(33(51)52)48-34(53)35(38(44,45)46)13-17-50(18-14-35)23-37(41,42)43/h1-4,6-11,21,31H,5,12-20,22-23H2,(H,48,53)(H,51,52)/t31-/m0/s1. The summed E-state index contributed by atoms with van der Waals surface area (Å²) in [5, 5.41) is 15.1. The predicted molar refractivity (Wildman–Crippen MR) is 182 cm³/mol. The zero-order chi connectivity index (χ0) is 38.2. The van der Waals surface area contributed by atoms with Gasteiger partial charge in [-0.3, -0.25) is 19.6 Å². The molecule has 3 heterocycles. The Morgan fingerprint density at radius 1 is 0.774 bits per heavy atom.